The number of fused-ring (bicyclic) bond motifs is 1. The van der Waals surface area contributed by atoms with Crippen LogP contribution in [0.1, 0.15) is 28.8 Å². The molecule has 23 heavy (non-hydrogen) atoms. The Labute approximate surface area is 135 Å². The number of nitrogens with one attached hydrogen (secondary N) is 2. The average Bonchev–Trinajstić information content (AvgIpc) is 2.77. The fourth-order valence-electron chi connectivity index (χ4n) is 2.60. The van der Waals surface area contributed by atoms with E-state index in [9.17, 15) is 9.59 Å². The van der Waals surface area contributed by atoms with Crippen molar-refractivity contribution in [1.82, 2.24) is 15.2 Å². The van der Waals surface area contributed by atoms with E-state index in [2.05, 4.69) is 29.4 Å². The second kappa shape index (κ2) is 6.73. The zero-order valence-electron chi connectivity index (χ0n) is 14.0. The van der Waals surface area contributed by atoms with Crippen LogP contribution >= 0.6 is 0 Å². The van der Waals surface area contributed by atoms with Gasteiger partial charge in [-0.1, -0.05) is 11.6 Å². The molecule has 1 aromatic carbocycles. The molecule has 1 aromatic heterocycles. The van der Waals surface area contributed by atoms with Crippen molar-refractivity contribution in [2.75, 3.05) is 13.6 Å². The van der Waals surface area contributed by atoms with Gasteiger partial charge in [-0.3, -0.25) is 4.79 Å². The second-order valence-electron chi connectivity index (χ2n) is 5.95. The molecule has 0 spiro atoms. The smallest absolute Gasteiger partial charge is 0.317 e. The summed E-state index contributed by atoms with van der Waals surface area (Å²) in [6.07, 6.45) is -0.0619. The van der Waals surface area contributed by atoms with Gasteiger partial charge in [0, 0.05) is 31.2 Å². The molecule has 0 atom stereocenters. The largest absolute Gasteiger partial charge is 0.481 e. The van der Waals surface area contributed by atoms with Crippen LogP contribution in [0.5, 0.6) is 0 Å². The number of aromatic nitrogens is 1. The number of aryl methyl sites for hydroxylation is 3. The van der Waals surface area contributed by atoms with Crippen LogP contribution in [-0.2, 0) is 11.3 Å². The number of carbonyl (C=O) groups excluding carboxylic acids is 1. The lowest BCUT2D eigenvalue weighted by molar-refractivity contribution is -0.137. The number of carboxylic acids is 1. The monoisotopic (exact) mass is 317 g/mol. The molecule has 0 radical (unpaired) electrons. The lowest BCUT2D eigenvalue weighted by Gasteiger charge is -2.17. The summed E-state index contributed by atoms with van der Waals surface area (Å²) >= 11 is 0. The lowest BCUT2D eigenvalue weighted by Crippen LogP contribution is -2.38. The first-order valence-electron chi connectivity index (χ1n) is 7.58. The number of hydrogen-bond acceptors (Lipinski definition) is 2. The summed E-state index contributed by atoms with van der Waals surface area (Å²) in [6.45, 7) is 6.73. The predicted molar refractivity (Wildman–Crippen MR) is 89.6 cm³/mol. The highest BCUT2D eigenvalue weighted by Gasteiger charge is 2.13. The van der Waals surface area contributed by atoms with Gasteiger partial charge in [-0.15, -0.1) is 0 Å². The molecular formula is C17H23N3O3. The summed E-state index contributed by atoms with van der Waals surface area (Å²) < 4.78 is 0. The number of urea groups is 1. The van der Waals surface area contributed by atoms with Crippen molar-refractivity contribution in [3.8, 4) is 0 Å². The van der Waals surface area contributed by atoms with E-state index in [4.69, 9.17) is 5.11 Å². The molecule has 0 aliphatic rings. The first-order chi connectivity index (χ1) is 10.8. The van der Waals surface area contributed by atoms with Gasteiger partial charge in [-0.2, -0.15) is 0 Å². The minimum Gasteiger partial charge on any atom is -0.481 e. The number of H-pyrrole nitrogens is 1. The van der Waals surface area contributed by atoms with Crippen LogP contribution in [0.3, 0.4) is 0 Å². The minimum absolute atomic E-state index is 0.0619. The SMILES string of the molecule is Cc1cc(CNC(=O)N(C)CCC(=O)O)c2[nH]c(C)c(C)c2c1. The Morgan fingerprint density at radius 3 is 2.61 bits per heavy atom. The molecular weight excluding hydrogens is 294 g/mol. The summed E-state index contributed by atoms with van der Waals surface area (Å²) in [6, 6.07) is 3.91. The first-order valence-corrected chi connectivity index (χ1v) is 7.58. The van der Waals surface area contributed by atoms with Crippen molar-refractivity contribution in [2.45, 2.75) is 33.7 Å². The van der Waals surface area contributed by atoms with Crippen molar-refractivity contribution < 1.29 is 14.7 Å². The quantitative estimate of drug-likeness (QED) is 0.792. The number of amides is 2. The Morgan fingerprint density at radius 2 is 1.96 bits per heavy atom. The Balaban J connectivity index is 2.11. The van der Waals surface area contributed by atoms with Crippen molar-refractivity contribution in [2.24, 2.45) is 0 Å². The Bertz CT molecular complexity index is 749. The third-order valence-corrected chi connectivity index (χ3v) is 4.08. The molecule has 2 aromatic rings. The van der Waals surface area contributed by atoms with Crippen LogP contribution in [-0.4, -0.2) is 40.6 Å². The molecule has 6 nitrogen and oxygen atoms in total. The van der Waals surface area contributed by atoms with Gasteiger partial charge in [-0.05, 0) is 38.0 Å². The number of nitrogens with zero attached hydrogens (tertiary/aromatic N) is 1. The summed E-state index contributed by atoms with van der Waals surface area (Å²) in [5, 5.41) is 12.7. The summed E-state index contributed by atoms with van der Waals surface area (Å²) in [5.74, 6) is -0.914. The van der Waals surface area contributed by atoms with Gasteiger partial charge in [0.1, 0.15) is 0 Å². The zero-order chi connectivity index (χ0) is 17.1. The maximum Gasteiger partial charge on any atom is 0.317 e. The molecule has 6 heteroatoms. The zero-order valence-corrected chi connectivity index (χ0v) is 14.0. The number of carboxylic acid groups (broad SMARTS) is 1. The Hall–Kier alpha value is -2.50. The molecule has 0 fully saturated rings. The van der Waals surface area contributed by atoms with Gasteiger partial charge in [-0.25, -0.2) is 4.79 Å². The number of benzene rings is 1. The third-order valence-electron chi connectivity index (χ3n) is 4.08. The minimum atomic E-state index is -0.914. The van der Waals surface area contributed by atoms with Crippen molar-refractivity contribution in [3.05, 3.63) is 34.5 Å². The van der Waals surface area contributed by atoms with Gasteiger partial charge >= 0.3 is 12.0 Å². The molecule has 0 unspecified atom stereocenters. The highest BCUT2D eigenvalue weighted by Crippen LogP contribution is 2.25. The molecule has 1 heterocycles. The van der Waals surface area contributed by atoms with Crippen molar-refractivity contribution >= 4 is 22.9 Å². The van der Waals surface area contributed by atoms with E-state index < -0.39 is 5.97 Å². The van der Waals surface area contributed by atoms with Crippen LogP contribution in [0.25, 0.3) is 10.9 Å². The van der Waals surface area contributed by atoms with E-state index >= 15 is 0 Å². The number of hydrogen-bond donors (Lipinski definition) is 3. The van der Waals surface area contributed by atoms with Gasteiger partial charge < -0.3 is 20.3 Å². The maximum absolute atomic E-state index is 12.0. The highest BCUT2D eigenvalue weighted by molar-refractivity contribution is 5.88. The third kappa shape index (κ3) is 3.83. The van der Waals surface area contributed by atoms with E-state index in [0.29, 0.717) is 6.54 Å². The Kier molecular flexibility index (Phi) is 4.93. The summed E-state index contributed by atoms with van der Waals surface area (Å²) in [4.78, 5) is 27.3. The van der Waals surface area contributed by atoms with Crippen molar-refractivity contribution in [1.29, 1.82) is 0 Å². The summed E-state index contributed by atoms with van der Waals surface area (Å²) in [7, 11) is 1.59. The molecule has 3 N–H and O–H groups in total. The second-order valence-corrected chi connectivity index (χ2v) is 5.95. The van der Waals surface area contributed by atoms with E-state index in [1.807, 2.05) is 13.8 Å². The van der Waals surface area contributed by atoms with Crippen LogP contribution in [0.4, 0.5) is 4.79 Å². The number of rotatable bonds is 5. The van der Waals surface area contributed by atoms with Gasteiger partial charge in [0.25, 0.3) is 0 Å². The topological polar surface area (TPSA) is 85.4 Å². The van der Waals surface area contributed by atoms with E-state index in [0.717, 1.165) is 22.3 Å². The van der Waals surface area contributed by atoms with Crippen molar-refractivity contribution in [3.63, 3.8) is 0 Å². The molecule has 0 aliphatic heterocycles. The van der Waals surface area contributed by atoms with E-state index in [-0.39, 0.29) is 19.0 Å². The fourth-order valence-corrected chi connectivity index (χ4v) is 2.60. The van der Waals surface area contributed by atoms with E-state index in [1.54, 1.807) is 7.05 Å². The number of aliphatic carboxylic acids is 1. The molecule has 0 bridgehead atoms. The van der Waals surface area contributed by atoms with Gasteiger partial charge in [0.15, 0.2) is 0 Å². The molecule has 2 rings (SSSR count). The molecule has 0 saturated carbocycles. The van der Waals surface area contributed by atoms with Gasteiger partial charge in [0.05, 0.1) is 11.9 Å². The predicted octanol–water partition coefficient (Wildman–Crippen LogP) is 2.71. The first kappa shape index (κ1) is 16.9. The number of aromatic amines is 1. The Morgan fingerprint density at radius 1 is 1.26 bits per heavy atom. The summed E-state index contributed by atoms with van der Waals surface area (Å²) in [5.41, 5.74) is 5.55. The van der Waals surface area contributed by atoms with Crippen LogP contribution < -0.4 is 5.32 Å². The normalized spacial score (nSPS) is 10.8. The standard InChI is InChI=1S/C17H23N3O3/c1-10-7-13(16-14(8-10)11(2)12(3)19-16)9-18-17(23)20(4)6-5-15(21)22/h7-8,19H,5-6,9H2,1-4H3,(H,18,23)(H,21,22). The number of carbonyl (C=O) groups is 2. The highest BCUT2D eigenvalue weighted by atomic mass is 16.4. The van der Waals surface area contributed by atoms with Crippen LogP contribution in [0.2, 0.25) is 0 Å². The molecule has 2 amide bonds. The van der Waals surface area contributed by atoms with Crippen LogP contribution in [0.15, 0.2) is 12.1 Å². The molecule has 0 aliphatic carbocycles. The maximum atomic E-state index is 12.0. The van der Waals surface area contributed by atoms with Gasteiger partial charge in [0.2, 0.25) is 0 Å². The lowest BCUT2D eigenvalue weighted by atomic mass is 10.0. The fraction of sp³-hybridized carbons (Fsp3) is 0.412. The molecule has 124 valence electrons. The van der Waals surface area contributed by atoms with Crippen LogP contribution in [0, 0.1) is 20.8 Å². The average molecular weight is 317 g/mol. The van der Waals surface area contributed by atoms with E-state index in [1.165, 1.54) is 15.8 Å². The molecule has 0 saturated heterocycles.